The first kappa shape index (κ1) is 12.3. The molecule has 0 aromatic carbocycles. The summed E-state index contributed by atoms with van der Waals surface area (Å²) in [5.74, 6) is 1.05. The van der Waals surface area contributed by atoms with Crippen molar-refractivity contribution in [1.82, 2.24) is 5.32 Å². The van der Waals surface area contributed by atoms with Crippen LogP contribution in [0.25, 0.3) is 0 Å². The fourth-order valence-corrected chi connectivity index (χ4v) is 1.71. The van der Waals surface area contributed by atoms with Crippen LogP contribution in [-0.2, 0) is 0 Å². The molecule has 0 aliphatic rings. The molecule has 0 aliphatic heterocycles. The summed E-state index contributed by atoms with van der Waals surface area (Å²) in [6, 6.07) is 4.34. The molecule has 1 atom stereocenters. The molecule has 0 amide bonds. The van der Waals surface area contributed by atoms with Gasteiger partial charge in [-0.15, -0.1) is 0 Å². The molecule has 0 saturated carbocycles. The van der Waals surface area contributed by atoms with E-state index in [1.165, 1.54) is 0 Å². The van der Waals surface area contributed by atoms with Crippen LogP contribution in [0.3, 0.4) is 0 Å². The normalized spacial score (nSPS) is 14.1. The smallest absolute Gasteiger partial charge is 0.121 e. The van der Waals surface area contributed by atoms with E-state index in [2.05, 4.69) is 39.1 Å². The van der Waals surface area contributed by atoms with Crippen LogP contribution in [-0.4, -0.2) is 6.54 Å². The first-order valence-corrected chi connectivity index (χ1v) is 5.88. The van der Waals surface area contributed by atoms with Crippen LogP contribution in [0.4, 0.5) is 0 Å². The van der Waals surface area contributed by atoms with Crippen LogP contribution >= 0.6 is 0 Å². The standard InChI is InChI=1S/C13H23NO/c1-5-9-14-12(13(3,4)6-2)11-8-7-10-15-11/h7-8,10,12,14H,5-6,9H2,1-4H3. The highest BCUT2D eigenvalue weighted by atomic mass is 16.3. The van der Waals surface area contributed by atoms with E-state index in [1.54, 1.807) is 6.26 Å². The van der Waals surface area contributed by atoms with Crippen molar-refractivity contribution in [2.75, 3.05) is 6.54 Å². The lowest BCUT2D eigenvalue weighted by molar-refractivity contribution is 0.206. The molecule has 0 radical (unpaired) electrons. The zero-order chi connectivity index (χ0) is 11.3. The molecule has 2 nitrogen and oxygen atoms in total. The van der Waals surface area contributed by atoms with Crippen LogP contribution in [0, 0.1) is 5.41 Å². The molecule has 1 rings (SSSR count). The van der Waals surface area contributed by atoms with Crippen LogP contribution < -0.4 is 5.32 Å². The highest BCUT2D eigenvalue weighted by molar-refractivity contribution is 5.08. The lowest BCUT2D eigenvalue weighted by Crippen LogP contribution is -2.34. The average molecular weight is 209 g/mol. The van der Waals surface area contributed by atoms with E-state index in [0.29, 0.717) is 6.04 Å². The van der Waals surface area contributed by atoms with Gasteiger partial charge in [0.05, 0.1) is 12.3 Å². The van der Waals surface area contributed by atoms with E-state index < -0.39 is 0 Å². The first-order valence-electron chi connectivity index (χ1n) is 5.88. The fourth-order valence-electron chi connectivity index (χ4n) is 1.71. The zero-order valence-corrected chi connectivity index (χ0v) is 10.3. The summed E-state index contributed by atoms with van der Waals surface area (Å²) < 4.78 is 5.52. The van der Waals surface area contributed by atoms with Gasteiger partial charge < -0.3 is 9.73 Å². The quantitative estimate of drug-likeness (QED) is 0.771. The van der Waals surface area contributed by atoms with Crippen molar-refractivity contribution in [3.8, 4) is 0 Å². The largest absolute Gasteiger partial charge is 0.468 e. The Labute approximate surface area is 93.1 Å². The van der Waals surface area contributed by atoms with Crippen molar-refractivity contribution >= 4 is 0 Å². The summed E-state index contributed by atoms with van der Waals surface area (Å²) in [6.45, 7) is 10.0. The number of rotatable bonds is 6. The van der Waals surface area contributed by atoms with E-state index >= 15 is 0 Å². The Morgan fingerprint density at radius 2 is 2.13 bits per heavy atom. The second-order valence-electron chi connectivity index (χ2n) is 4.74. The van der Waals surface area contributed by atoms with Gasteiger partial charge in [0.15, 0.2) is 0 Å². The molecule has 2 heteroatoms. The van der Waals surface area contributed by atoms with Gasteiger partial charge in [0.2, 0.25) is 0 Å². The SMILES string of the molecule is CCCNC(c1ccco1)C(C)(C)CC. The third-order valence-electron chi connectivity index (χ3n) is 3.12. The molecule has 0 saturated heterocycles. The maximum atomic E-state index is 5.52. The summed E-state index contributed by atoms with van der Waals surface area (Å²) in [4.78, 5) is 0. The summed E-state index contributed by atoms with van der Waals surface area (Å²) in [7, 11) is 0. The number of hydrogen-bond donors (Lipinski definition) is 1. The molecule has 1 N–H and O–H groups in total. The predicted molar refractivity (Wildman–Crippen MR) is 63.8 cm³/mol. The maximum Gasteiger partial charge on any atom is 0.121 e. The van der Waals surface area contributed by atoms with Gasteiger partial charge >= 0.3 is 0 Å². The molecule has 1 unspecified atom stereocenters. The predicted octanol–water partition coefficient (Wildman–Crippen LogP) is 3.76. The molecule has 1 aromatic rings. The average Bonchev–Trinajstić information content (AvgIpc) is 2.71. The van der Waals surface area contributed by atoms with Crippen molar-refractivity contribution in [3.63, 3.8) is 0 Å². The molecule has 0 aliphatic carbocycles. The van der Waals surface area contributed by atoms with Crippen molar-refractivity contribution in [2.45, 2.75) is 46.6 Å². The topological polar surface area (TPSA) is 25.2 Å². The minimum absolute atomic E-state index is 0.229. The Balaban J connectivity index is 2.78. The van der Waals surface area contributed by atoms with Crippen LogP contribution in [0.2, 0.25) is 0 Å². The number of nitrogens with one attached hydrogen (secondary N) is 1. The van der Waals surface area contributed by atoms with E-state index in [4.69, 9.17) is 4.42 Å². The third-order valence-corrected chi connectivity index (χ3v) is 3.12. The highest BCUT2D eigenvalue weighted by Gasteiger charge is 2.30. The summed E-state index contributed by atoms with van der Waals surface area (Å²) >= 11 is 0. The second kappa shape index (κ2) is 5.36. The zero-order valence-electron chi connectivity index (χ0n) is 10.3. The molecule has 15 heavy (non-hydrogen) atoms. The summed E-state index contributed by atoms with van der Waals surface area (Å²) in [6.07, 6.45) is 4.04. The molecule has 86 valence electrons. The second-order valence-corrected chi connectivity index (χ2v) is 4.74. The van der Waals surface area contributed by atoms with Gasteiger partial charge in [0.25, 0.3) is 0 Å². The Morgan fingerprint density at radius 1 is 1.40 bits per heavy atom. The van der Waals surface area contributed by atoms with Crippen molar-refractivity contribution in [2.24, 2.45) is 5.41 Å². The van der Waals surface area contributed by atoms with E-state index in [9.17, 15) is 0 Å². The molecule has 0 fully saturated rings. The molecular formula is C13H23NO. The molecule has 0 spiro atoms. The highest BCUT2D eigenvalue weighted by Crippen LogP contribution is 2.36. The van der Waals surface area contributed by atoms with Crippen molar-refractivity contribution in [1.29, 1.82) is 0 Å². The monoisotopic (exact) mass is 209 g/mol. The molecule has 1 aromatic heterocycles. The Morgan fingerprint density at radius 3 is 2.60 bits per heavy atom. The van der Waals surface area contributed by atoms with E-state index in [1.807, 2.05) is 6.07 Å². The minimum atomic E-state index is 0.229. The molecule has 1 heterocycles. The van der Waals surface area contributed by atoms with Gasteiger partial charge in [-0.1, -0.05) is 27.7 Å². The Kier molecular flexibility index (Phi) is 4.40. The maximum absolute atomic E-state index is 5.52. The van der Waals surface area contributed by atoms with Gasteiger partial charge in [-0.2, -0.15) is 0 Å². The van der Waals surface area contributed by atoms with Crippen molar-refractivity contribution < 1.29 is 4.42 Å². The lowest BCUT2D eigenvalue weighted by atomic mass is 9.80. The Bertz CT molecular complexity index is 264. The minimum Gasteiger partial charge on any atom is -0.468 e. The van der Waals surface area contributed by atoms with Crippen molar-refractivity contribution in [3.05, 3.63) is 24.2 Å². The Hall–Kier alpha value is -0.760. The van der Waals surface area contributed by atoms with Gasteiger partial charge in [-0.05, 0) is 36.9 Å². The fraction of sp³-hybridized carbons (Fsp3) is 0.692. The number of hydrogen-bond acceptors (Lipinski definition) is 2. The van der Waals surface area contributed by atoms with Gasteiger partial charge in [-0.3, -0.25) is 0 Å². The van der Waals surface area contributed by atoms with Crippen LogP contribution in [0.5, 0.6) is 0 Å². The molecule has 0 bridgehead atoms. The summed E-state index contributed by atoms with van der Waals surface area (Å²) in [5, 5.41) is 3.57. The van der Waals surface area contributed by atoms with Gasteiger partial charge in [0.1, 0.15) is 5.76 Å². The van der Waals surface area contributed by atoms with E-state index in [-0.39, 0.29) is 5.41 Å². The van der Waals surface area contributed by atoms with E-state index in [0.717, 1.165) is 25.1 Å². The van der Waals surface area contributed by atoms with Gasteiger partial charge in [0, 0.05) is 0 Å². The van der Waals surface area contributed by atoms with Crippen LogP contribution in [0.15, 0.2) is 22.8 Å². The van der Waals surface area contributed by atoms with Gasteiger partial charge in [-0.25, -0.2) is 0 Å². The first-order chi connectivity index (χ1) is 7.11. The lowest BCUT2D eigenvalue weighted by Gasteiger charge is -2.32. The summed E-state index contributed by atoms with van der Waals surface area (Å²) in [5.41, 5.74) is 0.229. The van der Waals surface area contributed by atoms with Crippen LogP contribution in [0.1, 0.15) is 52.3 Å². The third kappa shape index (κ3) is 3.10. The number of furan rings is 1. The molecular weight excluding hydrogens is 186 g/mol.